The van der Waals surface area contributed by atoms with Crippen LogP contribution in [0.3, 0.4) is 0 Å². The minimum Gasteiger partial charge on any atom is -0.423 e. The summed E-state index contributed by atoms with van der Waals surface area (Å²) in [5.74, 6) is 0.253. The quantitative estimate of drug-likeness (QED) is 0.409. The number of rotatable bonds is 4. The Labute approximate surface area is 173 Å². The number of carbonyl (C=O) groups excluding carboxylic acids is 1. The van der Waals surface area contributed by atoms with Crippen molar-refractivity contribution in [3.05, 3.63) is 71.4 Å². The number of thiazole rings is 1. The topological polar surface area (TPSA) is 80.9 Å². The molecule has 3 heterocycles. The Hall–Kier alpha value is -3.36. The van der Waals surface area contributed by atoms with Crippen molar-refractivity contribution in [2.24, 2.45) is 0 Å². The first-order chi connectivity index (χ1) is 14.2. The molecular weight excluding hydrogens is 404 g/mol. The molecule has 0 radical (unpaired) electrons. The fraction of sp³-hybridized carbons (Fsp3) is 0.0476. The van der Waals surface area contributed by atoms with Crippen LogP contribution in [0.15, 0.2) is 65.4 Å². The summed E-state index contributed by atoms with van der Waals surface area (Å²) in [6.07, 6.45) is 1.28. The lowest BCUT2D eigenvalue weighted by Crippen LogP contribution is -2.11. The van der Waals surface area contributed by atoms with E-state index in [4.69, 9.17) is 4.42 Å². The third kappa shape index (κ3) is 3.43. The van der Waals surface area contributed by atoms with E-state index in [0.717, 1.165) is 31.2 Å². The predicted octanol–water partition coefficient (Wildman–Crippen LogP) is 5.64. The zero-order valence-corrected chi connectivity index (χ0v) is 16.9. The molecule has 1 amide bonds. The molecule has 3 aromatic heterocycles. The molecule has 0 spiro atoms. The second kappa shape index (κ2) is 7.23. The molecule has 0 aliphatic rings. The number of hydrogen-bond acceptors (Lipinski definition) is 7. The molecule has 6 nitrogen and oxygen atoms in total. The van der Waals surface area contributed by atoms with Crippen molar-refractivity contribution in [3.63, 3.8) is 0 Å². The van der Waals surface area contributed by atoms with E-state index in [0.29, 0.717) is 16.5 Å². The lowest BCUT2D eigenvalue weighted by molar-refractivity contribution is 0.103. The Balaban J connectivity index is 1.40. The summed E-state index contributed by atoms with van der Waals surface area (Å²) in [5.41, 5.74) is 3.38. The summed E-state index contributed by atoms with van der Waals surface area (Å²) in [7, 11) is 0. The van der Waals surface area contributed by atoms with Gasteiger partial charge in [0.15, 0.2) is 0 Å². The summed E-state index contributed by atoms with van der Waals surface area (Å²) in [6.45, 7) is 1.94. The highest BCUT2D eigenvalue weighted by molar-refractivity contribution is 7.26. The van der Waals surface area contributed by atoms with Crippen LogP contribution in [-0.2, 0) is 0 Å². The van der Waals surface area contributed by atoms with Gasteiger partial charge in [0.25, 0.3) is 5.91 Å². The Morgan fingerprint density at radius 1 is 1.07 bits per heavy atom. The van der Waals surface area contributed by atoms with Crippen LogP contribution < -0.4 is 5.32 Å². The number of benzene rings is 2. The smallest absolute Gasteiger partial charge is 0.265 e. The normalized spacial score (nSPS) is 11.1. The summed E-state index contributed by atoms with van der Waals surface area (Å²) in [6, 6.07) is 17.4. The minimum atomic E-state index is -0.159. The summed E-state index contributed by atoms with van der Waals surface area (Å²) >= 11 is 3.06. The first kappa shape index (κ1) is 17.7. The standard InChI is InChI=1S/C21H14N4O2S2/c1-12-6-7-13(20-25-22-11-27-20)10-15(12)23-19(26)17-8-9-18(28-17)21-24-14-4-2-3-5-16(14)29-21/h2-11H,1H3,(H,23,26). The van der Waals surface area contributed by atoms with E-state index in [-0.39, 0.29) is 5.91 Å². The second-order valence-electron chi connectivity index (χ2n) is 6.38. The Kier molecular flexibility index (Phi) is 4.42. The highest BCUT2D eigenvalue weighted by Gasteiger charge is 2.15. The number of thiophene rings is 1. The first-order valence-corrected chi connectivity index (χ1v) is 10.4. The molecule has 0 fully saturated rings. The lowest BCUT2D eigenvalue weighted by Gasteiger charge is -2.08. The molecule has 142 valence electrons. The molecule has 29 heavy (non-hydrogen) atoms. The maximum absolute atomic E-state index is 12.8. The van der Waals surface area contributed by atoms with E-state index in [9.17, 15) is 4.79 Å². The van der Waals surface area contributed by atoms with Crippen molar-refractivity contribution < 1.29 is 9.21 Å². The van der Waals surface area contributed by atoms with Gasteiger partial charge in [-0.1, -0.05) is 18.2 Å². The first-order valence-electron chi connectivity index (χ1n) is 8.82. The minimum absolute atomic E-state index is 0.159. The van der Waals surface area contributed by atoms with Gasteiger partial charge < -0.3 is 9.73 Å². The molecule has 1 N–H and O–H groups in total. The Morgan fingerprint density at radius 3 is 2.79 bits per heavy atom. The van der Waals surface area contributed by atoms with Gasteiger partial charge in [-0.15, -0.1) is 32.9 Å². The number of amides is 1. The number of nitrogens with one attached hydrogen (secondary N) is 1. The largest absolute Gasteiger partial charge is 0.423 e. The molecule has 8 heteroatoms. The molecule has 5 rings (SSSR count). The maximum Gasteiger partial charge on any atom is 0.265 e. The number of aryl methyl sites for hydroxylation is 1. The summed E-state index contributed by atoms with van der Waals surface area (Å²) in [4.78, 5) is 19.1. The van der Waals surface area contributed by atoms with Crippen molar-refractivity contribution in [3.8, 4) is 21.3 Å². The van der Waals surface area contributed by atoms with E-state index in [1.165, 1.54) is 17.7 Å². The second-order valence-corrected chi connectivity index (χ2v) is 8.49. The zero-order chi connectivity index (χ0) is 19.8. The number of carbonyl (C=O) groups is 1. The molecule has 0 saturated heterocycles. The molecule has 0 unspecified atom stereocenters. The van der Waals surface area contributed by atoms with Gasteiger partial charge in [-0.05, 0) is 48.9 Å². The van der Waals surface area contributed by atoms with Crippen molar-refractivity contribution in [1.29, 1.82) is 0 Å². The van der Waals surface area contributed by atoms with Crippen molar-refractivity contribution >= 4 is 44.5 Å². The summed E-state index contributed by atoms with van der Waals surface area (Å²) < 4.78 is 6.38. The maximum atomic E-state index is 12.8. The van der Waals surface area contributed by atoms with E-state index < -0.39 is 0 Å². The summed E-state index contributed by atoms with van der Waals surface area (Å²) in [5, 5.41) is 11.5. The van der Waals surface area contributed by atoms with Gasteiger partial charge in [0.05, 0.1) is 20.0 Å². The van der Waals surface area contributed by atoms with Crippen molar-refractivity contribution in [1.82, 2.24) is 15.2 Å². The molecular formula is C21H14N4O2S2. The van der Waals surface area contributed by atoms with E-state index >= 15 is 0 Å². The third-order valence-corrected chi connectivity index (χ3v) is 6.72. The van der Waals surface area contributed by atoms with Crippen LogP contribution in [0, 0.1) is 6.92 Å². The van der Waals surface area contributed by atoms with E-state index in [1.54, 1.807) is 11.3 Å². The molecule has 0 saturated carbocycles. The lowest BCUT2D eigenvalue weighted by atomic mass is 10.1. The monoisotopic (exact) mass is 418 g/mol. The van der Waals surface area contributed by atoms with Crippen LogP contribution in [0.2, 0.25) is 0 Å². The zero-order valence-electron chi connectivity index (χ0n) is 15.2. The average molecular weight is 419 g/mol. The number of para-hydroxylation sites is 1. The fourth-order valence-corrected chi connectivity index (χ4v) is 4.85. The van der Waals surface area contributed by atoms with Gasteiger partial charge in [-0.2, -0.15) is 0 Å². The van der Waals surface area contributed by atoms with Crippen LogP contribution in [-0.4, -0.2) is 21.1 Å². The van der Waals surface area contributed by atoms with Crippen LogP contribution in [0.1, 0.15) is 15.2 Å². The van der Waals surface area contributed by atoms with Gasteiger partial charge in [0, 0.05) is 11.3 Å². The van der Waals surface area contributed by atoms with Crippen LogP contribution in [0.4, 0.5) is 5.69 Å². The predicted molar refractivity (Wildman–Crippen MR) is 115 cm³/mol. The number of anilines is 1. The van der Waals surface area contributed by atoms with E-state index in [2.05, 4.69) is 26.6 Å². The van der Waals surface area contributed by atoms with Crippen LogP contribution in [0.5, 0.6) is 0 Å². The Bertz CT molecular complexity index is 1290. The number of aromatic nitrogens is 3. The number of hydrogen-bond donors (Lipinski definition) is 1. The molecule has 0 bridgehead atoms. The Morgan fingerprint density at radius 2 is 1.97 bits per heavy atom. The van der Waals surface area contributed by atoms with E-state index in [1.807, 2.05) is 55.5 Å². The molecule has 0 aliphatic heterocycles. The van der Waals surface area contributed by atoms with Gasteiger partial charge in [-0.25, -0.2) is 4.98 Å². The third-order valence-electron chi connectivity index (χ3n) is 4.43. The van der Waals surface area contributed by atoms with Crippen molar-refractivity contribution in [2.75, 3.05) is 5.32 Å². The highest BCUT2D eigenvalue weighted by atomic mass is 32.1. The number of nitrogens with zero attached hydrogens (tertiary/aromatic N) is 3. The average Bonchev–Trinajstić information content (AvgIpc) is 3.48. The molecule has 5 aromatic rings. The van der Waals surface area contributed by atoms with Crippen LogP contribution >= 0.6 is 22.7 Å². The highest BCUT2D eigenvalue weighted by Crippen LogP contribution is 2.35. The van der Waals surface area contributed by atoms with Gasteiger partial charge >= 0.3 is 0 Å². The number of fused-ring (bicyclic) bond motifs is 1. The van der Waals surface area contributed by atoms with Crippen LogP contribution in [0.25, 0.3) is 31.6 Å². The van der Waals surface area contributed by atoms with Gasteiger partial charge in [0.2, 0.25) is 12.3 Å². The SMILES string of the molecule is Cc1ccc(-c2nnco2)cc1NC(=O)c1ccc(-c2nc3ccccc3s2)s1. The van der Waals surface area contributed by atoms with Crippen molar-refractivity contribution in [2.45, 2.75) is 6.92 Å². The fourth-order valence-electron chi connectivity index (χ4n) is 2.92. The van der Waals surface area contributed by atoms with Gasteiger partial charge in [0.1, 0.15) is 5.01 Å². The van der Waals surface area contributed by atoms with Gasteiger partial charge in [-0.3, -0.25) is 4.79 Å². The molecule has 2 aromatic carbocycles. The molecule has 0 atom stereocenters. The molecule has 0 aliphatic carbocycles.